The molecule has 4 nitrogen and oxygen atoms in total. The van der Waals surface area contributed by atoms with E-state index in [4.69, 9.17) is 0 Å². The zero-order chi connectivity index (χ0) is 15.5. The van der Waals surface area contributed by atoms with Gasteiger partial charge in [0.2, 0.25) is 5.91 Å². The molecule has 2 rings (SSSR count). The van der Waals surface area contributed by atoms with Crippen LogP contribution in [0.2, 0.25) is 0 Å². The maximum atomic E-state index is 12.4. The van der Waals surface area contributed by atoms with Crippen molar-refractivity contribution in [3.8, 4) is 0 Å². The molecule has 0 aromatic heterocycles. The van der Waals surface area contributed by atoms with Crippen molar-refractivity contribution >= 4 is 27.8 Å². The molecule has 0 aliphatic carbocycles. The molecule has 1 aromatic rings. The number of rotatable bonds is 4. The van der Waals surface area contributed by atoms with Crippen LogP contribution in [0.5, 0.6) is 0 Å². The Morgan fingerprint density at radius 2 is 2.19 bits per heavy atom. The van der Waals surface area contributed by atoms with Crippen molar-refractivity contribution in [3.63, 3.8) is 0 Å². The zero-order valence-electron chi connectivity index (χ0n) is 12.1. The van der Waals surface area contributed by atoms with Crippen LogP contribution in [0.25, 0.3) is 0 Å². The molecule has 1 unspecified atom stereocenters. The number of piperidine rings is 1. The van der Waals surface area contributed by atoms with E-state index in [2.05, 4.69) is 15.9 Å². The van der Waals surface area contributed by atoms with E-state index >= 15 is 0 Å². The third-order valence-corrected chi connectivity index (χ3v) is 4.80. The van der Waals surface area contributed by atoms with Gasteiger partial charge >= 0.3 is 5.97 Å². The van der Waals surface area contributed by atoms with Gasteiger partial charge in [0.25, 0.3) is 0 Å². The lowest BCUT2D eigenvalue weighted by Crippen LogP contribution is -2.50. The lowest BCUT2D eigenvalue weighted by Gasteiger charge is -2.39. The van der Waals surface area contributed by atoms with Crippen molar-refractivity contribution in [1.82, 2.24) is 4.90 Å². The van der Waals surface area contributed by atoms with Gasteiger partial charge in [0, 0.05) is 17.6 Å². The van der Waals surface area contributed by atoms with Crippen LogP contribution in [0.4, 0.5) is 0 Å². The lowest BCUT2D eigenvalue weighted by molar-refractivity contribution is -0.155. The van der Waals surface area contributed by atoms with Crippen molar-refractivity contribution in [2.24, 2.45) is 5.41 Å². The summed E-state index contributed by atoms with van der Waals surface area (Å²) in [6.45, 7) is 2.87. The average Bonchev–Trinajstić information content (AvgIpc) is 2.47. The molecule has 5 heteroatoms. The number of carboxylic acids is 1. The molecule has 0 radical (unpaired) electrons. The van der Waals surface area contributed by atoms with Crippen LogP contribution in [0.3, 0.4) is 0 Å². The smallest absolute Gasteiger partial charge is 0.311 e. The first-order valence-corrected chi connectivity index (χ1v) is 8.02. The first-order chi connectivity index (χ1) is 9.97. The molecule has 21 heavy (non-hydrogen) atoms. The molecular weight excluding hydrogens is 334 g/mol. The molecule has 1 aliphatic heterocycles. The van der Waals surface area contributed by atoms with Crippen molar-refractivity contribution < 1.29 is 14.7 Å². The third kappa shape index (κ3) is 3.64. The summed E-state index contributed by atoms with van der Waals surface area (Å²) in [7, 11) is 0. The Labute approximate surface area is 133 Å². The van der Waals surface area contributed by atoms with Gasteiger partial charge in [-0.15, -0.1) is 0 Å². The van der Waals surface area contributed by atoms with E-state index in [-0.39, 0.29) is 5.91 Å². The molecule has 1 saturated heterocycles. The molecule has 1 N–H and O–H groups in total. The summed E-state index contributed by atoms with van der Waals surface area (Å²) in [5.41, 5.74) is 0.169. The molecule has 1 amide bonds. The van der Waals surface area contributed by atoms with E-state index in [0.29, 0.717) is 32.4 Å². The highest BCUT2D eigenvalue weighted by atomic mass is 79.9. The van der Waals surface area contributed by atoms with E-state index in [1.165, 1.54) is 0 Å². The van der Waals surface area contributed by atoms with E-state index in [9.17, 15) is 14.7 Å². The van der Waals surface area contributed by atoms with E-state index in [1.807, 2.05) is 31.2 Å². The molecular formula is C16H20BrNO3. The van der Waals surface area contributed by atoms with Crippen molar-refractivity contribution in [1.29, 1.82) is 0 Å². The highest BCUT2D eigenvalue weighted by Crippen LogP contribution is 2.33. The maximum Gasteiger partial charge on any atom is 0.311 e. The first kappa shape index (κ1) is 16.0. The first-order valence-electron chi connectivity index (χ1n) is 7.22. The molecule has 0 spiro atoms. The molecule has 0 bridgehead atoms. The SMILES string of the molecule is CCC1(C(=O)O)CCCN(C(=O)Cc2cccc(Br)c2)C1. The number of amides is 1. The normalized spacial score (nSPS) is 22.1. The van der Waals surface area contributed by atoms with Crippen LogP contribution < -0.4 is 0 Å². The van der Waals surface area contributed by atoms with Crippen LogP contribution in [-0.4, -0.2) is 35.0 Å². The number of aliphatic carboxylic acids is 1. The number of carbonyl (C=O) groups excluding carboxylic acids is 1. The van der Waals surface area contributed by atoms with E-state index in [1.54, 1.807) is 4.90 Å². The summed E-state index contributed by atoms with van der Waals surface area (Å²) in [5, 5.41) is 9.47. The summed E-state index contributed by atoms with van der Waals surface area (Å²) in [4.78, 5) is 25.7. The van der Waals surface area contributed by atoms with Crippen molar-refractivity contribution in [2.75, 3.05) is 13.1 Å². The summed E-state index contributed by atoms with van der Waals surface area (Å²) in [5.74, 6) is -0.781. The number of halogens is 1. The molecule has 1 heterocycles. The highest BCUT2D eigenvalue weighted by molar-refractivity contribution is 9.10. The lowest BCUT2D eigenvalue weighted by atomic mass is 9.77. The summed E-state index contributed by atoms with van der Waals surface area (Å²) >= 11 is 3.39. The minimum absolute atomic E-state index is 0.00637. The van der Waals surface area contributed by atoms with Gasteiger partial charge in [0.05, 0.1) is 11.8 Å². The summed E-state index contributed by atoms with van der Waals surface area (Å²) in [6.07, 6.45) is 2.28. The van der Waals surface area contributed by atoms with Crippen LogP contribution >= 0.6 is 15.9 Å². The number of carboxylic acid groups (broad SMARTS) is 1. The Morgan fingerprint density at radius 1 is 1.43 bits per heavy atom. The largest absolute Gasteiger partial charge is 0.481 e. The van der Waals surface area contributed by atoms with Gasteiger partial charge in [-0.05, 0) is 37.0 Å². The number of nitrogens with zero attached hydrogens (tertiary/aromatic N) is 1. The second-order valence-corrected chi connectivity index (χ2v) is 6.58. The molecule has 0 saturated carbocycles. The number of carbonyl (C=O) groups is 2. The zero-order valence-corrected chi connectivity index (χ0v) is 13.7. The van der Waals surface area contributed by atoms with Gasteiger partial charge in [0.15, 0.2) is 0 Å². The molecule has 114 valence electrons. The van der Waals surface area contributed by atoms with Gasteiger partial charge in [-0.3, -0.25) is 9.59 Å². The van der Waals surface area contributed by atoms with Gasteiger partial charge in [-0.25, -0.2) is 0 Å². The van der Waals surface area contributed by atoms with Crippen molar-refractivity contribution in [3.05, 3.63) is 34.3 Å². The number of hydrogen-bond donors (Lipinski definition) is 1. The Hall–Kier alpha value is -1.36. The molecule has 1 atom stereocenters. The minimum atomic E-state index is -0.787. The molecule has 1 aliphatic rings. The third-order valence-electron chi connectivity index (χ3n) is 4.30. The quantitative estimate of drug-likeness (QED) is 0.904. The fourth-order valence-electron chi connectivity index (χ4n) is 2.89. The van der Waals surface area contributed by atoms with Gasteiger partial charge in [-0.2, -0.15) is 0 Å². The van der Waals surface area contributed by atoms with Gasteiger partial charge in [-0.1, -0.05) is 35.0 Å². The Kier molecular flexibility index (Phi) is 5.04. The molecule has 1 aromatic carbocycles. The fraction of sp³-hybridized carbons (Fsp3) is 0.500. The topological polar surface area (TPSA) is 57.6 Å². The monoisotopic (exact) mass is 353 g/mol. The highest BCUT2D eigenvalue weighted by Gasteiger charge is 2.41. The van der Waals surface area contributed by atoms with Crippen LogP contribution in [0.1, 0.15) is 31.7 Å². The number of likely N-dealkylation sites (tertiary alicyclic amines) is 1. The summed E-state index contributed by atoms with van der Waals surface area (Å²) < 4.78 is 0.944. The second-order valence-electron chi connectivity index (χ2n) is 5.66. The van der Waals surface area contributed by atoms with Crippen LogP contribution in [0, 0.1) is 5.41 Å². The number of hydrogen-bond acceptors (Lipinski definition) is 2. The Balaban J connectivity index is 2.07. The van der Waals surface area contributed by atoms with Gasteiger partial charge in [0.1, 0.15) is 0 Å². The number of benzene rings is 1. The van der Waals surface area contributed by atoms with E-state index < -0.39 is 11.4 Å². The average molecular weight is 354 g/mol. The van der Waals surface area contributed by atoms with Crippen LogP contribution in [-0.2, 0) is 16.0 Å². The maximum absolute atomic E-state index is 12.4. The Bertz CT molecular complexity index is 546. The van der Waals surface area contributed by atoms with Crippen LogP contribution in [0.15, 0.2) is 28.7 Å². The standard InChI is InChI=1S/C16H20BrNO3/c1-2-16(15(20)21)7-4-8-18(11-16)14(19)10-12-5-3-6-13(17)9-12/h3,5-6,9H,2,4,7-8,10-11H2,1H3,(H,20,21). The van der Waals surface area contributed by atoms with Gasteiger partial charge < -0.3 is 10.0 Å². The second kappa shape index (κ2) is 6.60. The Morgan fingerprint density at radius 3 is 2.81 bits per heavy atom. The van der Waals surface area contributed by atoms with Crippen molar-refractivity contribution in [2.45, 2.75) is 32.6 Å². The molecule has 1 fully saturated rings. The van der Waals surface area contributed by atoms with E-state index in [0.717, 1.165) is 16.5 Å². The summed E-state index contributed by atoms with van der Waals surface area (Å²) in [6, 6.07) is 7.65. The minimum Gasteiger partial charge on any atom is -0.481 e. The predicted octanol–water partition coefficient (Wildman–Crippen LogP) is 3.10. The fourth-order valence-corrected chi connectivity index (χ4v) is 3.34. The predicted molar refractivity (Wildman–Crippen MR) is 84.0 cm³/mol.